The van der Waals surface area contributed by atoms with E-state index < -0.39 is 24.3 Å². The highest BCUT2D eigenvalue weighted by molar-refractivity contribution is 5.70. The first-order valence-corrected chi connectivity index (χ1v) is 30.4. The van der Waals surface area contributed by atoms with Crippen LogP contribution in [-0.2, 0) is 33.3 Å². The third-order valence-electron chi connectivity index (χ3n) is 12.8. The third-order valence-corrected chi connectivity index (χ3v) is 12.8. The molecule has 2 atom stereocenters. The molecule has 2 unspecified atom stereocenters. The Hall–Kier alpha value is -3.79. The zero-order chi connectivity index (χ0) is 54.8. The van der Waals surface area contributed by atoms with Crippen LogP contribution < -0.4 is 5.11 Å². The highest BCUT2D eigenvalue weighted by Gasteiger charge is 2.22. The number of carboxylic acid groups (broad SMARTS) is 1. The van der Waals surface area contributed by atoms with Crippen LogP contribution in [-0.4, -0.2) is 82.3 Å². The summed E-state index contributed by atoms with van der Waals surface area (Å²) in [6, 6.07) is 0. The van der Waals surface area contributed by atoms with Crippen molar-refractivity contribution >= 4 is 17.9 Å². The number of carbonyl (C=O) groups is 3. The number of hydrogen-bond donors (Lipinski definition) is 0. The average Bonchev–Trinajstić information content (AvgIpc) is 3.38. The molecule has 0 rings (SSSR count). The van der Waals surface area contributed by atoms with Gasteiger partial charge < -0.3 is 33.3 Å². The zero-order valence-electron chi connectivity index (χ0n) is 48.9. The molecule has 0 aromatic heterocycles. The Bertz CT molecular complexity index is 1550. The quantitative estimate of drug-likeness (QED) is 0.0195. The summed E-state index contributed by atoms with van der Waals surface area (Å²) in [6.07, 6.45) is 73.2. The minimum Gasteiger partial charge on any atom is -0.545 e. The second-order valence-corrected chi connectivity index (χ2v) is 21.2. The monoisotopic (exact) mass is 1050 g/mol. The van der Waals surface area contributed by atoms with Crippen molar-refractivity contribution < 1.29 is 42.9 Å². The maximum atomic E-state index is 12.9. The lowest BCUT2D eigenvalue weighted by molar-refractivity contribution is -0.870. The topological polar surface area (TPSA) is 111 Å². The number of carbonyl (C=O) groups excluding carboxylic acids is 3. The van der Waals surface area contributed by atoms with E-state index in [0.29, 0.717) is 17.4 Å². The molecule has 0 aliphatic heterocycles. The first-order valence-electron chi connectivity index (χ1n) is 30.4. The fourth-order valence-electron chi connectivity index (χ4n) is 8.23. The Morgan fingerprint density at radius 1 is 0.400 bits per heavy atom. The van der Waals surface area contributed by atoms with Crippen LogP contribution in [0.15, 0.2) is 97.2 Å². The first-order chi connectivity index (χ1) is 36.6. The van der Waals surface area contributed by atoms with Gasteiger partial charge in [-0.25, -0.2) is 0 Å². The maximum absolute atomic E-state index is 12.9. The van der Waals surface area contributed by atoms with E-state index in [1.54, 1.807) is 0 Å². The summed E-state index contributed by atoms with van der Waals surface area (Å²) in [5, 5.41) is 11.8. The molecule has 0 spiro atoms. The Balaban J connectivity index is 4.17. The molecule has 0 aliphatic carbocycles. The second kappa shape index (κ2) is 56.4. The van der Waals surface area contributed by atoms with Gasteiger partial charge in [-0.1, -0.05) is 239 Å². The molecule has 0 saturated carbocycles. The summed E-state index contributed by atoms with van der Waals surface area (Å²) in [5.41, 5.74) is 0. The molecule has 0 heterocycles. The number of allylic oxidation sites excluding steroid dienone is 16. The molecule has 0 amide bonds. The van der Waals surface area contributed by atoms with Gasteiger partial charge in [-0.2, -0.15) is 0 Å². The van der Waals surface area contributed by atoms with Crippen molar-refractivity contribution in [1.82, 2.24) is 0 Å². The summed E-state index contributed by atoms with van der Waals surface area (Å²) in [4.78, 5) is 37.3. The molecule has 0 N–H and O–H groups in total. The molecule has 0 bridgehead atoms. The van der Waals surface area contributed by atoms with Gasteiger partial charge in [-0.15, -0.1) is 0 Å². The van der Waals surface area contributed by atoms with Crippen LogP contribution in [0.2, 0.25) is 0 Å². The number of quaternary nitrogens is 1. The van der Waals surface area contributed by atoms with Gasteiger partial charge in [0.15, 0.2) is 12.4 Å². The molecule has 0 aromatic rings. The van der Waals surface area contributed by atoms with Crippen molar-refractivity contribution in [2.24, 2.45) is 0 Å². The Labute approximate surface area is 461 Å². The average molecular weight is 1050 g/mol. The zero-order valence-corrected chi connectivity index (χ0v) is 48.9. The van der Waals surface area contributed by atoms with Gasteiger partial charge in [0.2, 0.25) is 0 Å². The summed E-state index contributed by atoms with van der Waals surface area (Å²) in [5.74, 6) is -2.30. The van der Waals surface area contributed by atoms with Gasteiger partial charge in [0.05, 0.1) is 40.3 Å². The van der Waals surface area contributed by atoms with Gasteiger partial charge in [-0.3, -0.25) is 9.59 Å². The van der Waals surface area contributed by atoms with Crippen molar-refractivity contribution in [2.75, 3.05) is 47.5 Å². The van der Waals surface area contributed by atoms with Crippen molar-refractivity contribution in [3.63, 3.8) is 0 Å². The van der Waals surface area contributed by atoms with Crippen LogP contribution in [0.1, 0.15) is 245 Å². The molecular formula is C66H113NO8. The Morgan fingerprint density at radius 2 is 0.720 bits per heavy atom. The van der Waals surface area contributed by atoms with Crippen LogP contribution in [0.3, 0.4) is 0 Å². The largest absolute Gasteiger partial charge is 0.545 e. The number of unbranched alkanes of at least 4 members (excludes halogenated alkanes) is 24. The van der Waals surface area contributed by atoms with E-state index in [9.17, 15) is 19.5 Å². The fraction of sp³-hybridized carbons (Fsp3) is 0.712. The first kappa shape index (κ1) is 71.2. The maximum Gasteiger partial charge on any atom is 0.306 e. The van der Waals surface area contributed by atoms with Crippen LogP contribution in [0.4, 0.5) is 0 Å². The molecular weight excluding hydrogens is 935 g/mol. The number of hydrogen-bond acceptors (Lipinski definition) is 8. The van der Waals surface area contributed by atoms with Crippen LogP contribution >= 0.6 is 0 Å². The number of esters is 2. The van der Waals surface area contributed by atoms with Crippen LogP contribution in [0, 0.1) is 0 Å². The SMILES string of the molecule is CC/C=C\C/C=C\C/C=C\C/C=C\CCCCCCCCCCCCCCCCCCCCC(=O)OC(COC(=O)CCCCCCCC/C=C\C/C=C\C/C=C\C/C=C\CC)COC(OCC[N+](C)(C)C)C(=O)[O-]. The van der Waals surface area contributed by atoms with Gasteiger partial charge in [-0.05, 0) is 89.9 Å². The number of rotatable bonds is 55. The van der Waals surface area contributed by atoms with Gasteiger partial charge in [0.25, 0.3) is 0 Å². The Morgan fingerprint density at radius 3 is 1.07 bits per heavy atom. The third kappa shape index (κ3) is 57.7. The molecule has 0 aromatic carbocycles. The summed E-state index contributed by atoms with van der Waals surface area (Å²) in [6.45, 7) is 4.51. The van der Waals surface area contributed by atoms with E-state index in [2.05, 4.69) is 111 Å². The lowest BCUT2D eigenvalue weighted by Gasteiger charge is -2.26. The smallest absolute Gasteiger partial charge is 0.306 e. The van der Waals surface area contributed by atoms with Gasteiger partial charge >= 0.3 is 11.9 Å². The highest BCUT2D eigenvalue weighted by atomic mass is 16.7. The molecule has 0 saturated heterocycles. The Kier molecular flexibility index (Phi) is 53.6. The minimum absolute atomic E-state index is 0.142. The van der Waals surface area contributed by atoms with Gasteiger partial charge in [0, 0.05) is 12.8 Å². The number of carboxylic acids is 1. The number of ether oxygens (including phenoxy) is 4. The number of aliphatic carboxylic acids is 1. The van der Waals surface area contributed by atoms with Crippen molar-refractivity contribution in [3.05, 3.63) is 97.2 Å². The van der Waals surface area contributed by atoms with E-state index >= 15 is 0 Å². The predicted octanol–water partition coefficient (Wildman–Crippen LogP) is 16.8. The van der Waals surface area contributed by atoms with Crippen LogP contribution in [0.25, 0.3) is 0 Å². The molecule has 430 valence electrons. The van der Waals surface area contributed by atoms with E-state index in [1.165, 1.54) is 96.3 Å². The van der Waals surface area contributed by atoms with Crippen molar-refractivity contribution in [3.8, 4) is 0 Å². The van der Waals surface area contributed by atoms with E-state index in [-0.39, 0.29) is 38.6 Å². The molecule has 9 nitrogen and oxygen atoms in total. The minimum atomic E-state index is -1.63. The molecule has 0 radical (unpaired) electrons. The molecule has 0 aliphatic rings. The fourth-order valence-corrected chi connectivity index (χ4v) is 8.23. The standard InChI is InChI=1S/C66H113NO8/c1-6-8-10-12-14-16-18-20-22-24-26-27-28-29-30-31-32-33-34-35-36-37-39-41-43-45-47-49-51-53-55-57-64(69)75-62(61-74-66(65(70)71)72-59-58-67(3,4)5)60-73-63(68)56-54-52-50-48-46-44-42-40-38-25-23-21-19-17-15-13-11-9-7-2/h8-11,14-17,20-23,26-27,38,40,62,66H,6-7,12-13,18-19,24-25,28-37,39,41-61H2,1-5H3/b10-8-,11-9-,16-14-,17-15-,22-20-,23-21-,27-26-,40-38-. The number of nitrogens with zero attached hydrogens (tertiary/aromatic N) is 1. The van der Waals surface area contributed by atoms with E-state index in [1.807, 2.05) is 21.1 Å². The normalized spacial score (nSPS) is 13.5. The molecule has 9 heteroatoms. The van der Waals surface area contributed by atoms with Gasteiger partial charge in [0.1, 0.15) is 13.2 Å². The highest BCUT2D eigenvalue weighted by Crippen LogP contribution is 2.16. The van der Waals surface area contributed by atoms with E-state index in [0.717, 1.165) is 116 Å². The summed E-state index contributed by atoms with van der Waals surface area (Å²) >= 11 is 0. The van der Waals surface area contributed by atoms with E-state index in [4.69, 9.17) is 18.9 Å². The summed E-state index contributed by atoms with van der Waals surface area (Å²) in [7, 11) is 5.92. The van der Waals surface area contributed by atoms with Crippen LogP contribution in [0.5, 0.6) is 0 Å². The second-order valence-electron chi connectivity index (χ2n) is 21.2. The predicted molar refractivity (Wildman–Crippen MR) is 315 cm³/mol. The number of likely N-dealkylation sites (N-methyl/N-ethyl adjacent to an activating group) is 1. The summed E-state index contributed by atoms with van der Waals surface area (Å²) < 4.78 is 22.7. The lowest BCUT2D eigenvalue weighted by Crippen LogP contribution is -2.44. The van der Waals surface area contributed by atoms with Crippen molar-refractivity contribution in [1.29, 1.82) is 0 Å². The molecule has 0 fully saturated rings. The lowest BCUT2D eigenvalue weighted by atomic mass is 10.0. The molecule has 75 heavy (non-hydrogen) atoms. The van der Waals surface area contributed by atoms with Crippen molar-refractivity contribution in [2.45, 2.75) is 257 Å².